The minimum Gasteiger partial charge on any atom is -0.385 e. The van der Waals surface area contributed by atoms with Crippen LogP contribution in [0.5, 0.6) is 0 Å². The predicted molar refractivity (Wildman–Crippen MR) is 134 cm³/mol. The zero-order valence-electron chi connectivity index (χ0n) is 19.2. The first-order valence-electron chi connectivity index (χ1n) is 11.2. The van der Waals surface area contributed by atoms with Crippen LogP contribution in [0.15, 0.2) is 53.7 Å². The molecule has 0 aliphatic carbocycles. The molecule has 1 amide bonds. The van der Waals surface area contributed by atoms with Crippen molar-refractivity contribution in [2.24, 2.45) is 0 Å². The van der Waals surface area contributed by atoms with Crippen LogP contribution in [0.2, 0.25) is 5.02 Å². The van der Waals surface area contributed by atoms with Gasteiger partial charge in [-0.2, -0.15) is 0 Å². The summed E-state index contributed by atoms with van der Waals surface area (Å²) in [6.45, 7) is 3.39. The van der Waals surface area contributed by atoms with Gasteiger partial charge in [-0.05, 0) is 49.9 Å². The largest absolute Gasteiger partial charge is 0.385 e. The average molecular weight is 487 g/mol. The Bertz CT molecular complexity index is 1020. The number of benzene rings is 2. The van der Waals surface area contributed by atoms with Crippen molar-refractivity contribution in [1.82, 2.24) is 20.1 Å². The number of methoxy groups -OCH3 is 1. The van der Waals surface area contributed by atoms with Gasteiger partial charge in [-0.1, -0.05) is 59.3 Å². The van der Waals surface area contributed by atoms with Crippen LogP contribution in [0.1, 0.15) is 42.6 Å². The normalized spacial score (nSPS) is 11.0. The SMILES string of the molecule is COCCCNC(=O)CCCCc1nnc(SCc2ccc(C)cc2)n1-c1cccc(Cl)c1. The van der Waals surface area contributed by atoms with Gasteiger partial charge in [-0.3, -0.25) is 9.36 Å². The minimum atomic E-state index is 0.0803. The lowest BCUT2D eigenvalue weighted by molar-refractivity contribution is -0.121. The third-order valence-corrected chi connectivity index (χ3v) is 6.39. The smallest absolute Gasteiger partial charge is 0.219 e. The molecule has 0 saturated carbocycles. The van der Waals surface area contributed by atoms with Crippen LogP contribution in [0.4, 0.5) is 0 Å². The van der Waals surface area contributed by atoms with Crippen molar-refractivity contribution >= 4 is 29.3 Å². The van der Waals surface area contributed by atoms with Gasteiger partial charge in [0.15, 0.2) is 5.16 Å². The third kappa shape index (κ3) is 8.18. The van der Waals surface area contributed by atoms with E-state index in [9.17, 15) is 4.79 Å². The van der Waals surface area contributed by atoms with Crippen molar-refractivity contribution in [3.05, 3.63) is 70.5 Å². The van der Waals surface area contributed by atoms with Crippen LogP contribution < -0.4 is 5.32 Å². The Labute approximate surface area is 205 Å². The Morgan fingerprint density at radius 1 is 1.12 bits per heavy atom. The zero-order chi connectivity index (χ0) is 23.5. The number of carbonyl (C=O) groups excluding carboxylic acids is 1. The summed E-state index contributed by atoms with van der Waals surface area (Å²) in [6, 6.07) is 16.3. The number of rotatable bonds is 13. The summed E-state index contributed by atoms with van der Waals surface area (Å²) in [5.74, 6) is 1.77. The monoisotopic (exact) mass is 486 g/mol. The van der Waals surface area contributed by atoms with E-state index in [0.29, 0.717) is 24.6 Å². The highest BCUT2D eigenvalue weighted by Crippen LogP contribution is 2.27. The molecule has 0 radical (unpaired) electrons. The standard InChI is InChI=1S/C25H31ClN4O2S/c1-19-11-13-20(14-12-19)18-33-25-29-28-23(30(25)22-8-5-7-21(26)17-22)9-3-4-10-24(31)27-15-6-16-32-2/h5,7-8,11-14,17H,3-4,6,9-10,15-16,18H2,1-2H3,(H,27,31). The maximum absolute atomic E-state index is 12.0. The van der Waals surface area contributed by atoms with Gasteiger partial charge >= 0.3 is 0 Å². The fourth-order valence-electron chi connectivity index (χ4n) is 3.36. The number of hydrogen-bond donors (Lipinski definition) is 1. The third-order valence-electron chi connectivity index (χ3n) is 5.16. The Morgan fingerprint density at radius 3 is 2.70 bits per heavy atom. The van der Waals surface area contributed by atoms with Crippen molar-refractivity contribution in [2.75, 3.05) is 20.3 Å². The van der Waals surface area contributed by atoms with E-state index in [1.54, 1.807) is 18.9 Å². The number of hydrogen-bond acceptors (Lipinski definition) is 5. The number of thioether (sulfide) groups is 1. The lowest BCUT2D eigenvalue weighted by atomic mass is 10.1. The summed E-state index contributed by atoms with van der Waals surface area (Å²) in [6.07, 6.45) is 3.72. The van der Waals surface area contributed by atoms with Crippen LogP contribution >= 0.6 is 23.4 Å². The number of halogens is 1. The summed E-state index contributed by atoms with van der Waals surface area (Å²) in [5.41, 5.74) is 3.44. The predicted octanol–water partition coefficient (Wildman–Crippen LogP) is 5.39. The van der Waals surface area contributed by atoms with E-state index in [1.165, 1.54) is 11.1 Å². The van der Waals surface area contributed by atoms with Crippen molar-refractivity contribution in [1.29, 1.82) is 0 Å². The summed E-state index contributed by atoms with van der Waals surface area (Å²) in [5, 5.41) is 13.4. The molecule has 3 aromatic rings. The van der Waals surface area contributed by atoms with E-state index >= 15 is 0 Å². The lowest BCUT2D eigenvalue weighted by Gasteiger charge is -2.11. The molecule has 0 aliphatic heterocycles. The zero-order valence-corrected chi connectivity index (χ0v) is 20.8. The van der Waals surface area contributed by atoms with Crippen LogP contribution in [0.25, 0.3) is 5.69 Å². The number of nitrogens with zero attached hydrogens (tertiary/aromatic N) is 3. The molecule has 0 fully saturated rings. The molecule has 3 rings (SSSR count). The molecule has 0 spiro atoms. The maximum Gasteiger partial charge on any atom is 0.219 e. The van der Waals surface area contributed by atoms with Crippen molar-refractivity contribution in [3.8, 4) is 5.69 Å². The molecule has 33 heavy (non-hydrogen) atoms. The molecule has 0 saturated heterocycles. The van der Waals surface area contributed by atoms with E-state index in [2.05, 4.69) is 51.3 Å². The van der Waals surface area contributed by atoms with Gasteiger partial charge in [0, 0.05) is 43.9 Å². The first kappa shape index (κ1) is 25.3. The van der Waals surface area contributed by atoms with Crippen LogP contribution in [-0.4, -0.2) is 40.9 Å². The summed E-state index contributed by atoms with van der Waals surface area (Å²) < 4.78 is 7.08. The van der Waals surface area contributed by atoms with Crippen LogP contribution in [-0.2, 0) is 21.7 Å². The Balaban J connectivity index is 1.62. The molecule has 1 aromatic heterocycles. The molecule has 0 bridgehead atoms. The Hall–Kier alpha value is -2.35. The molecule has 8 heteroatoms. The summed E-state index contributed by atoms with van der Waals surface area (Å²) in [7, 11) is 1.66. The second-order valence-electron chi connectivity index (χ2n) is 7.89. The first-order valence-corrected chi connectivity index (χ1v) is 12.6. The fourth-order valence-corrected chi connectivity index (χ4v) is 4.47. The van der Waals surface area contributed by atoms with Gasteiger partial charge in [0.25, 0.3) is 0 Å². The number of unbranched alkanes of at least 4 members (excludes halogenated alkanes) is 1. The molecule has 1 heterocycles. The highest BCUT2D eigenvalue weighted by Gasteiger charge is 2.15. The number of amides is 1. The van der Waals surface area contributed by atoms with E-state index in [0.717, 1.165) is 48.1 Å². The molecule has 0 aliphatic rings. The molecular weight excluding hydrogens is 456 g/mol. The highest BCUT2D eigenvalue weighted by molar-refractivity contribution is 7.98. The summed E-state index contributed by atoms with van der Waals surface area (Å²) >= 11 is 7.92. The Morgan fingerprint density at radius 2 is 1.94 bits per heavy atom. The fraction of sp³-hybridized carbons (Fsp3) is 0.400. The molecular formula is C25H31ClN4O2S. The molecule has 0 unspecified atom stereocenters. The second kappa shape index (κ2) is 13.4. The van der Waals surface area contributed by atoms with Gasteiger partial charge in [0.05, 0.1) is 5.69 Å². The van der Waals surface area contributed by atoms with Crippen molar-refractivity contribution in [2.45, 2.75) is 49.9 Å². The topological polar surface area (TPSA) is 69.0 Å². The Kier molecular flexibility index (Phi) is 10.2. The number of aryl methyl sites for hydroxylation is 2. The molecule has 6 nitrogen and oxygen atoms in total. The van der Waals surface area contributed by atoms with Gasteiger partial charge in [-0.25, -0.2) is 0 Å². The molecule has 2 aromatic carbocycles. The second-order valence-corrected chi connectivity index (χ2v) is 9.27. The van der Waals surface area contributed by atoms with E-state index in [4.69, 9.17) is 16.3 Å². The highest BCUT2D eigenvalue weighted by atomic mass is 35.5. The quantitative estimate of drug-likeness (QED) is 0.259. The number of aromatic nitrogens is 3. The van der Waals surface area contributed by atoms with Gasteiger partial charge in [0.1, 0.15) is 5.82 Å². The van der Waals surface area contributed by atoms with Gasteiger partial charge in [-0.15, -0.1) is 10.2 Å². The lowest BCUT2D eigenvalue weighted by Crippen LogP contribution is -2.24. The van der Waals surface area contributed by atoms with E-state index in [1.807, 2.05) is 24.3 Å². The molecule has 1 N–H and O–H groups in total. The minimum absolute atomic E-state index is 0.0803. The first-order chi connectivity index (χ1) is 16.1. The average Bonchev–Trinajstić information content (AvgIpc) is 3.22. The van der Waals surface area contributed by atoms with Crippen molar-refractivity contribution < 1.29 is 9.53 Å². The van der Waals surface area contributed by atoms with E-state index < -0.39 is 0 Å². The number of nitrogens with one attached hydrogen (secondary N) is 1. The van der Waals surface area contributed by atoms with Gasteiger partial charge in [0.2, 0.25) is 5.91 Å². The number of carbonyl (C=O) groups is 1. The van der Waals surface area contributed by atoms with Crippen LogP contribution in [0.3, 0.4) is 0 Å². The van der Waals surface area contributed by atoms with Crippen molar-refractivity contribution in [3.63, 3.8) is 0 Å². The maximum atomic E-state index is 12.0. The molecule has 176 valence electrons. The molecule has 0 atom stereocenters. The number of ether oxygens (including phenoxy) is 1. The van der Waals surface area contributed by atoms with Gasteiger partial charge < -0.3 is 10.1 Å². The van der Waals surface area contributed by atoms with Crippen LogP contribution in [0, 0.1) is 6.92 Å². The summed E-state index contributed by atoms with van der Waals surface area (Å²) in [4.78, 5) is 12.0. The van der Waals surface area contributed by atoms with E-state index in [-0.39, 0.29) is 5.91 Å².